The highest BCUT2D eigenvalue weighted by atomic mass is 35.5. The number of thiazole rings is 1. The zero-order valence-electron chi connectivity index (χ0n) is 18.5. The van der Waals surface area contributed by atoms with Crippen molar-refractivity contribution in [3.8, 4) is 5.75 Å². The highest BCUT2D eigenvalue weighted by Crippen LogP contribution is 2.38. The molecule has 3 aromatic rings. The van der Waals surface area contributed by atoms with E-state index in [0.29, 0.717) is 15.7 Å². The maximum atomic E-state index is 14.8. The van der Waals surface area contributed by atoms with Crippen LogP contribution in [0.25, 0.3) is 5.57 Å². The van der Waals surface area contributed by atoms with E-state index in [9.17, 15) is 8.78 Å². The van der Waals surface area contributed by atoms with Gasteiger partial charge in [-0.3, -0.25) is 0 Å². The van der Waals surface area contributed by atoms with Crippen LogP contribution < -0.4 is 9.46 Å². The minimum absolute atomic E-state index is 0.0659. The van der Waals surface area contributed by atoms with Gasteiger partial charge in [-0.2, -0.15) is 0 Å². The molecule has 0 radical (unpaired) electrons. The molecule has 0 saturated carbocycles. The molecule has 2 aromatic carbocycles. The number of halogens is 4. The normalized spacial score (nSPS) is 18.1. The Bertz CT molecular complexity index is 1180. The summed E-state index contributed by atoms with van der Waals surface area (Å²) in [5, 5.41) is 2.22. The minimum atomic E-state index is -0.462. The number of nitrogens with zero attached hydrogens (tertiary/aromatic N) is 2. The molecule has 1 aromatic heterocycles. The van der Waals surface area contributed by atoms with E-state index in [-0.39, 0.29) is 29.3 Å². The molecule has 180 valence electrons. The number of aromatic nitrogens is 1. The third-order valence-corrected chi connectivity index (χ3v) is 7.74. The van der Waals surface area contributed by atoms with Gasteiger partial charge in [0.25, 0.3) is 0 Å². The van der Waals surface area contributed by atoms with Crippen LogP contribution in [0, 0.1) is 17.6 Å². The van der Waals surface area contributed by atoms with Crippen LogP contribution in [0.2, 0.25) is 10.0 Å². The SMILES string of the molecule is CN(C)C1CCC=C(c2ccc(Cl)c(F)c2)C1COc1cc(F)c(SNc2cscn2)cc1Cl. The van der Waals surface area contributed by atoms with Crippen molar-refractivity contribution in [3.05, 3.63) is 74.5 Å². The fraction of sp³-hybridized carbons (Fsp3) is 0.292. The highest BCUT2D eigenvalue weighted by molar-refractivity contribution is 8.00. The van der Waals surface area contributed by atoms with Gasteiger partial charge in [-0.05, 0) is 68.2 Å². The summed E-state index contributed by atoms with van der Waals surface area (Å²) in [6.07, 6.45) is 3.91. The fourth-order valence-electron chi connectivity index (χ4n) is 4.04. The Kier molecular flexibility index (Phi) is 8.37. The van der Waals surface area contributed by atoms with Gasteiger partial charge < -0.3 is 14.4 Å². The molecule has 2 unspecified atom stereocenters. The fourth-order valence-corrected chi connectivity index (χ4v) is 5.66. The van der Waals surface area contributed by atoms with Gasteiger partial charge in [0.2, 0.25) is 0 Å². The van der Waals surface area contributed by atoms with Crippen molar-refractivity contribution in [2.45, 2.75) is 23.8 Å². The van der Waals surface area contributed by atoms with Crippen molar-refractivity contribution < 1.29 is 13.5 Å². The van der Waals surface area contributed by atoms with Crippen LogP contribution >= 0.6 is 46.5 Å². The van der Waals surface area contributed by atoms with Gasteiger partial charge in [0.15, 0.2) is 0 Å². The first-order valence-corrected chi connectivity index (χ1v) is 13.1. The Balaban J connectivity index is 1.53. The van der Waals surface area contributed by atoms with Crippen LogP contribution in [0.15, 0.2) is 52.2 Å². The van der Waals surface area contributed by atoms with Crippen LogP contribution in [0.5, 0.6) is 5.75 Å². The molecule has 0 bridgehead atoms. The Labute approximate surface area is 216 Å². The topological polar surface area (TPSA) is 37.4 Å². The van der Waals surface area contributed by atoms with E-state index in [1.807, 2.05) is 25.5 Å². The number of benzene rings is 2. The number of allylic oxidation sites excluding steroid dienone is 1. The lowest BCUT2D eigenvalue weighted by Crippen LogP contribution is -2.40. The van der Waals surface area contributed by atoms with E-state index >= 15 is 0 Å². The quantitative estimate of drug-likeness (QED) is 0.296. The van der Waals surface area contributed by atoms with E-state index in [2.05, 4.69) is 20.7 Å². The van der Waals surface area contributed by atoms with Gasteiger partial charge in [-0.1, -0.05) is 35.3 Å². The second kappa shape index (κ2) is 11.3. The van der Waals surface area contributed by atoms with Crippen molar-refractivity contribution in [1.82, 2.24) is 9.88 Å². The molecule has 0 fully saturated rings. The first-order chi connectivity index (χ1) is 16.3. The number of nitrogens with one attached hydrogen (secondary N) is 1. The lowest BCUT2D eigenvalue weighted by atomic mass is 9.80. The molecule has 0 spiro atoms. The van der Waals surface area contributed by atoms with Gasteiger partial charge in [-0.15, -0.1) is 11.3 Å². The molecular weight excluding hydrogens is 519 g/mol. The number of hydrogen-bond donors (Lipinski definition) is 1. The summed E-state index contributed by atoms with van der Waals surface area (Å²) in [6.45, 7) is 0.266. The average Bonchev–Trinajstić information content (AvgIpc) is 3.33. The molecule has 0 amide bonds. The van der Waals surface area contributed by atoms with E-state index in [1.54, 1.807) is 11.6 Å². The summed E-state index contributed by atoms with van der Waals surface area (Å²) in [6, 6.07) is 7.83. The second-order valence-corrected chi connectivity index (χ2v) is 10.5. The van der Waals surface area contributed by atoms with Crippen molar-refractivity contribution in [2.75, 3.05) is 25.4 Å². The molecule has 34 heavy (non-hydrogen) atoms. The van der Waals surface area contributed by atoms with Crippen molar-refractivity contribution in [3.63, 3.8) is 0 Å². The average molecular weight is 543 g/mol. The molecule has 1 aliphatic carbocycles. The maximum absolute atomic E-state index is 14.8. The molecule has 10 heteroatoms. The number of ether oxygens (including phenoxy) is 1. The number of hydrogen-bond acceptors (Lipinski definition) is 6. The Morgan fingerprint density at radius 3 is 2.71 bits per heavy atom. The summed E-state index contributed by atoms with van der Waals surface area (Å²) >= 11 is 14.9. The first kappa shape index (κ1) is 25.3. The van der Waals surface area contributed by atoms with Crippen LogP contribution in [-0.4, -0.2) is 36.6 Å². The van der Waals surface area contributed by atoms with Crippen LogP contribution in [0.4, 0.5) is 14.6 Å². The highest BCUT2D eigenvalue weighted by Gasteiger charge is 2.31. The number of anilines is 1. The minimum Gasteiger partial charge on any atom is -0.491 e. The van der Waals surface area contributed by atoms with E-state index in [4.69, 9.17) is 27.9 Å². The zero-order chi connectivity index (χ0) is 24.2. The molecule has 4 nitrogen and oxygen atoms in total. The van der Waals surface area contributed by atoms with Crippen molar-refractivity contribution in [2.24, 2.45) is 5.92 Å². The molecule has 1 heterocycles. The van der Waals surface area contributed by atoms with Gasteiger partial charge in [0, 0.05) is 23.4 Å². The predicted molar refractivity (Wildman–Crippen MR) is 138 cm³/mol. The molecule has 1 N–H and O–H groups in total. The Morgan fingerprint density at radius 2 is 2.00 bits per heavy atom. The van der Waals surface area contributed by atoms with E-state index in [1.165, 1.54) is 29.5 Å². The molecule has 0 aliphatic heterocycles. The lowest BCUT2D eigenvalue weighted by molar-refractivity contribution is 0.168. The van der Waals surface area contributed by atoms with Gasteiger partial charge in [-0.25, -0.2) is 13.8 Å². The van der Waals surface area contributed by atoms with Crippen LogP contribution in [0.3, 0.4) is 0 Å². The zero-order valence-corrected chi connectivity index (χ0v) is 21.7. The summed E-state index contributed by atoms with van der Waals surface area (Å²) in [5.74, 6) is -0.0618. The maximum Gasteiger partial charge on any atom is 0.147 e. The van der Waals surface area contributed by atoms with Crippen molar-refractivity contribution in [1.29, 1.82) is 0 Å². The predicted octanol–water partition coefficient (Wildman–Crippen LogP) is 7.65. The van der Waals surface area contributed by atoms with Crippen LogP contribution in [-0.2, 0) is 0 Å². The standard InChI is InChI=1S/C24H23Cl2F2N3OS2/c1-31(2)21-5-3-4-15(14-6-7-17(25)19(27)8-14)16(21)11-32-22-10-20(28)23(9-18(22)26)34-30-24-12-33-13-29-24/h4,6-10,12-13,16,21,30H,3,5,11H2,1-2H3. The lowest BCUT2D eigenvalue weighted by Gasteiger charge is -2.37. The summed E-state index contributed by atoms with van der Waals surface area (Å²) in [4.78, 5) is 6.59. The molecule has 0 saturated heterocycles. The second-order valence-electron chi connectivity index (χ2n) is 8.11. The summed E-state index contributed by atoms with van der Waals surface area (Å²) in [5.41, 5.74) is 3.44. The third-order valence-electron chi connectivity index (χ3n) is 5.71. The van der Waals surface area contributed by atoms with E-state index in [0.717, 1.165) is 35.9 Å². The number of rotatable bonds is 8. The molecule has 2 atom stereocenters. The third kappa shape index (κ3) is 5.86. The smallest absolute Gasteiger partial charge is 0.147 e. The molecule has 4 rings (SSSR count). The van der Waals surface area contributed by atoms with E-state index < -0.39 is 11.6 Å². The molecule has 1 aliphatic rings. The molecular formula is C24H23Cl2F2N3OS2. The Hall–Kier alpha value is -1.84. The van der Waals surface area contributed by atoms with Crippen molar-refractivity contribution >= 4 is 57.9 Å². The Morgan fingerprint density at radius 1 is 1.18 bits per heavy atom. The van der Waals surface area contributed by atoms with Gasteiger partial charge in [0.05, 0.1) is 27.1 Å². The summed E-state index contributed by atoms with van der Waals surface area (Å²) < 4.78 is 38.0. The van der Waals surface area contributed by atoms with Gasteiger partial charge >= 0.3 is 0 Å². The summed E-state index contributed by atoms with van der Waals surface area (Å²) in [7, 11) is 4.02. The largest absolute Gasteiger partial charge is 0.491 e. The van der Waals surface area contributed by atoms with Gasteiger partial charge in [0.1, 0.15) is 23.2 Å². The van der Waals surface area contributed by atoms with Crippen LogP contribution in [0.1, 0.15) is 18.4 Å². The first-order valence-electron chi connectivity index (χ1n) is 10.6. The monoisotopic (exact) mass is 541 g/mol.